The molecule has 0 bridgehead atoms. The highest BCUT2D eigenvalue weighted by atomic mass is 35.5. The van der Waals surface area contributed by atoms with Gasteiger partial charge in [0.1, 0.15) is 24.5 Å². The number of anilines is 2. The zero-order valence-corrected chi connectivity index (χ0v) is 23.5. The number of thiophene rings is 1. The highest BCUT2D eigenvalue weighted by molar-refractivity contribution is 7.20. The van der Waals surface area contributed by atoms with Gasteiger partial charge in [-0.15, -0.1) is 11.3 Å². The number of benzene rings is 3. The van der Waals surface area contributed by atoms with Crippen LogP contribution in [0.4, 0.5) is 15.9 Å². The average Bonchev–Trinajstić information content (AvgIpc) is 3.39. The Morgan fingerprint density at radius 1 is 1.10 bits per heavy atom. The van der Waals surface area contributed by atoms with E-state index >= 15 is 0 Å². The normalized spacial score (nSPS) is 10.8. The van der Waals surface area contributed by atoms with Crippen LogP contribution in [0.25, 0.3) is 16.3 Å². The smallest absolute Gasteiger partial charge is 0.244 e. The van der Waals surface area contributed by atoms with E-state index in [-0.39, 0.29) is 24.9 Å². The molecule has 0 aliphatic carbocycles. The summed E-state index contributed by atoms with van der Waals surface area (Å²) in [6, 6.07) is 21.3. The lowest BCUT2D eigenvalue weighted by Gasteiger charge is -2.11. The van der Waals surface area contributed by atoms with Crippen LogP contribution in [0.15, 0.2) is 85.2 Å². The molecule has 0 aliphatic heterocycles. The Hall–Kier alpha value is -4.71. The van der Waals surface area contributed by atoms with Crippen LogP contribution < -0.4 is 15.4 Å². The number of nitrogens with zero attached hydrogens (tertiary/aromatic N) is 2. The van der Waals surface area contributed by atoms with Crippen LogP contribution in [0.3, 0.4) is 0 Å². The molecule has 2 aromatic heterocycles. The van der Waals surface area contributed by atoms with Crippen molar-refractivity contribution in [3.63, 3.8) is 0 Å². The molecule has 0 atom stereocenters. The molecule has 6 nitrogen and oxygen atoms in total. The molecule has 2 heterocycles. The van der Waals surface area contributed by atoms with Crippen molar-refractivity contribution in [2.24, 2.45) is 0 Å². The largest absolute Gasteiger partial charge is 0.487 e. The van der Waals surface area contributed by atoms with Gasteiger partial charge in [0.05, 0.1) is 26.7 Å². The molecule has 1 amide bonds. The van der Waals surface area contributed by atoms with E-state index in [4.69, 9.17) is 16.3 Å². The summed E-state index contributed by atoms with van der Waals surface area (Å²) in [5.41, 5.74) is 4.31. The summed E-state index contributed by atoms with van der Waals surface area (Å²) in [6.07, 6.45) is 4.74. The fraction of sp³-hybridized carbons (Fsp3) is 0.0938. The zero-order valence-electron chi connectivity index (χ0n) is 21.9. The molecule has 41 heavy (non-hydrogen) atoms. The summed E-state index contributed by atoms with van der Waals surface area (Å²) < 4.78 is 20.0. The average molecular weight is 583 g/mol. The van der Waals surface area contributed by atoms with Gasteiger partial charge in [-0.25, -0.2) is 14.4 Å². The van der Waals surface area contributed by atoms with Crippen LogP contribution in [0.2, 0.25) is 5.02 Å². The van der Waals surface area contributed by atoms with Crippen molar-refractivity contribution < 1.29 is 13.9 Å². The highest BCUT2D eigenvalue weighted by Crippen LogP contribution is 2.33. The second-order valence-corrected chi connectivity index (χ2v) is 10.5. The first-order valence-corrected chi connectivity index (χ1v) is 13.8. The number of hydrogen-bond acceptors (Lipinski definition) is 6. The van der Waals surface area contributed by atoms with Crippen molar-refractivity contribution in [3.05, 3.63) is 118 Å². The van der Waals surface area contributed by atoms with E-state index in [2.05, 4.69) is 32.4 Å². The molecule has 0 saturated carbocycles. The number of rotatable bonds is 8. The molecular weight excluding hydrogens is 559 g/mol. The predicted molar refractivity (Wildman–Crippen MR) is 163 cm³/mol. The molecule has 204 valence electrons. The molecule has 3 aromatic carbocycles. The van der Waals surface area contributed by atoms with Gasteiger partial charge < -0.3 is 15.4 Å². The van der Waals surface area contributed by atoms with Crippen LogP contribution >= 0.6 is 22.9 Å². The summed E-state index contributed by atoms with van der Waals surface area (Å²) in [5, 5.41) is 6.46. The van der Waals surface area contributed by atoms with Crippen molar-refractivity contribution in [2.75, 3.05) is 11.9 Å². The van der Waals surface area contributed by atoms with E-state index in [1.807, 2.05) is 43.3 Å². The number of aryl methyl sites for hydroxylation is 1. The van der Waals surface area contributed by atoms with Gasteiger partial charge in [0.15, 0.2) is 5.82 Å². The number of halogens is 2. The van der Waals surface area contributed by atoms with Crippen molar-refractivity contribution in [3.8, 4) is 17.6 Å². The third kappa shape index (κ3) is 7.70. The zero-order chi connectivity index (χ0) is 28.6. The molecule has 0 spiro atoms. The molecule has 2 N–H and O–H groups in total. The van der Waals surface area contributed by atoms with Crippen LogP contribution in [-0.4, -0.2) is 22.4 Å². The molecule has 0 unspecified atom stereocenters. The quantitative estimate of drug-likeness (QED) is 0.148. The number of amides is 1. The first-order valence-electron chi connectivity index (χ1n) is 12.6. The van der Waals surface area contributed by atoms with E-state index in [0.29, 0.717) is 22.2 Å². The third-order valence-electron chi connectivity index (χ3n) is 5.86. The van der Waals surface area contributed by atoms with Crippen molar-refractivity contribution >= 4 is 56.6 Å². The van der Waals surface area contributed by atoms with E-state index in [1.54, 1.807) is 30.3 Å². The molecule has 0 saturated heterocycles. The van der Waals surface area contributed by atoms with Gasteiger partial charge in [0, 0.05) is 11.8 Å². The molecule has 0 radical (unpaired) electrons. The minimum atomic E-state index is -0.315. The van der Waals surface area contributed by atoms with Gasteiger partial charge in [-0.05, 0) is 60.5 Å². The van der Waals surface area contributed by atoms with Gasteiger partial charge in [-0.3, -0.25) is 4.79 Å². The minimum absolute atomic E-state index is 0.198. The van der Waals surface area contributed by atoms with Crippen LogP contribution in [0.5, 0.6) is 5.75 Å². The first-order chi connectivity index (χ1) is 19.9. The molecule has 9 heteroatoms. The van der Waals surface area contributed by atoms with Crippen LogP contribution in [-0.2, 0) is 11.4 Å². The summed E-state index contributed by atoms with van der Waals surface area (Å²) in [5.74, 6) is 6.64. The van der Waals surface area contributed by atoms with Crippen molar-refractivity contribution in [2.45, 2.75) is 13.5 Å². The lowest BCUT2D eigenvalue weighted by atomic mass is 10.1. The Labute approximate surface area is 245 Å². The number of carbonyl (C=O) groups is 1. The Kier molecular flexibility index (Phi) is 8.89. The first kappa shape index (κ1) is 27.8. The van der Waals surface area contributed by atoms with Gasteiger partial charge in [0.25, 0.3) is 0 Å². The van der Waals surface area contributed by atoms with Gasteiger partial charge in [-0.2, -0.15) is 0 Å². The maximum Gasteiger partial charge on any atom is 0.244 e. The Morgan fingerprint density at radius 2 is 1.95 bits per heavy atom. The minimum Gasteiger partial charge on any atom is -0.487 e. The number of carbonyl (C=O) groups excluding carboxylic acids is 1. The van der Waals surface area contributed by atoms with E-state index in [9.17, 15) is 9.18 Å². The molecule has 0 aliphatic rings. The fourth-order valence-corrected chi connectivity index (χ4v) is 4.96. The summed E-state index contributed by atoms with van der Waals surface area (Å²) in [6.45, 7) is 2.43. The second-order valence-electron chi connectivity index (χ2n) is 9.00. The van der Waals surface area contributed by atoms with Crippen LogP contribution in [0, 0.1) is 24.6 Å². The lowest BCUT2D eigenvalue weighted by Crippen LogP contribution is -2.20. The van der Waals surface area contributed by atoms with Gasteiger partial charge >= 0.3 is 0 Å². The SMILES string of the molecule is Cc1ccc(/C=C/C(=O)NCC#Cc2cc3ncnc(Nc4ccc(OCc5cccc(F)c5)c(Cl)c4)c3s2)cc1. The number of hydrogen-bond donors (Lipinski definition) is 2. The molecule has 0 fully saturated rings. The summed E-state index contributed by atoms with van der Waals surface area (Å²) in [4.78, 5) is 21.6. The van der Waals surface area contributed by atoms with Crippen LogP contribution in [0.1, 0.15) is 21.6 Å². The molecule has 5 rings (SSSR count). The molecule has 5 aromatic rings. The maximum atomic E-state index is 13.4. The maximum absolute atomic E-state index is 13.4. The lowest BCUT2D eigenvalue weighted by molar-refractivity contribution is -0.116. The Morgan fingerprint density at radius 3 is 2.76 bits per heavy atom. The molecular formula is C32H24ClFN4O2S. The standard InChI is InChI=1S/C32H24ClFN4O2S/c1-21-7-9-22(10-8-21)11-14-30(39)35-15-3-6-26-18-28-31(41-26)32(37-20-36-28)38-25-12-13-29(27(33)17-25)40-19-23-4-2-5-24(34)16-23/h2,4-5,7-14,16-18,20H,15,19H2,1H3,(H,35,39)(H,36,37,38)/b14-11+. The third-order valence-corrected chi connectivity index (χ3v) is 7.20. The number of fused-ring (bicyclic) bond motifs is 1. The Balaban J connectivity index is 1.19. The van der Waals surface area contributed by atoms with Gasteiger partial charge in [-0.1, -0.05) is 65.4 Å². The van der Waals surface area contributed by atoms with Crippen molar-refractivity contribution in [1.29, 1.82) is 0 Å². The predicted octanol–water partition coefficient (Wildman–Crippen LogP) is 7.30. The second kappa shape index (κ2) is 13.1. The van der Waals surface area contributed by atoms with Crippen molar-refractivity contribution in [1.82, 2.24) is 15.3 Å². The van der Waals surface area contributed by atoms with E-state index < -0.39 is 0 Å². The van der Waals surface area contributed by atoms with E-state index in [1.165, 1.54) is 41.4 Å². The topological polar surface area (TPSA) is 76.1 Å². The summed E-state index contributed by atoms with van der Waals surface area (Å²) >= 11 is 7.89. The number of aromatic nitrogens is 2. The number of nitrogens with one attached hydrogen (secondary N) is 2. The monoisotopic (exact) mass is 582 g/mol. The summed E-state index contributed by atoms with van der Waals surface area (Å²) in [7, 11) is 0. The van der Waals surface area contributed by atoms with E-state index in [0.717, 1.165) is 26.3 Å². The fourth-order valence-electron chi connectivity index (χ4n) is 3.80. The number of ether oxygens (including phenoxy) is 1. The Bertz CT molecular complexity index is 1790. The highest BCUT2D eigenvalue weighted by Gasteiger charge is 2.10. The van der Waals surface area contributed by atoms with Gasteiger partial charge in [0.2, 0.25) is 5.91 Å².